The van der Waals surface area contributed by atoms with Gasteiger partial charge < -0.3 is 9.64 Å². The minimum atomic E-state index is -0.737. The van der Waals surface area contributed by atoms with Gasteiger partial charge in [0.25, 0.3) is 0 Å². The standard InChI is InChI=1S/C31H37BrN5O4/c1-30(2,3)23-16-24(19-10-12-22(32)13-11-19)33-36-17-25-28(39)35-15-14-34(18-31(35,4)37(25)26(23)36)27(38)20-6-8-21(9-7-20)29(40)41-5/h10-13,16-17,20-21H,6-9,14-15,18H2,1-5H3/q+1. The predicted octanol–water partition coefficient (Wildman–Crippen LogP) is 4.30. The van der Waals surface area contributed by atoms with E-state index in [2.05, 4.69) is 54.3 Å². The minimum Gasteiger partial charge on any atom is -0.469 e. The van der Waals surface area contributed by atoms with Crippen LogP contribution in [0.2, 0.25) is 0 Å². The van der Waals surface area contributed by atoms with Gasteiger partial charge in [-0.25, -0.2) is 0 Å². The Morgan fingerprint density at radius 1 is 1.07 bits per heavy atom. The van der Waals surface area contributed by atoms with Crippen molar-refractivity contribution in [3.05, 3.63) is 52.3 Å². The molecule has 1 aromatic carbocycles. The maximum Gasteiger partial charge on any atom is 0.313 e. The zero-order valence-electron chi connectivity index (χ0n) is 24.3. The van der Waals surface area contributed by atoms with Gasteiger partial charge in [-0.1, -0.05) is 58.4 Å². The third-order valence-electron chi connectivity index (χ3n) is 9.13. The van der Waals surface area contributed by atoms with Crippen LogP contribution in [0.25, 0.3) is 16.9 Å². The number of fused-ring (bicyclic) bond motifs is 5. The van der Waals surface area contributed by atoms with Crippen molar-refractivity contribution in [1.29, 1.82) is 0 Å². The van der Waals surface area contributed by atoms with Crippen molar-refractivity contribution in [2.75, 3.05) is 26.7 Å². The van der Waals surface area contributed by atoms with Crippen LogP contribution in [0.5, 0.6) is 0 Å². The van der Waals surface area contributed by atoms with Gasteiger partial charge in [0.15, 0.2) is 6.20 Å². The molecule has 1 unspecified atom stereocenters. The SMILES string of the molecule is COC(=O)C1CCC(C(=O)N2CCN3C(=O)c4cn5nc(-c6ccc(Br)cc6)cc(C(C)(C)C)c5[n+]4C3(C)C2)CC1. The van der Waals surface area contributed by atoms with Crippen molar-refractivity contribution >= 4 is 39.4 Å². The summed E-state index contributed by atoms with van der Waals surface area (Å²) in [4.78, 5) is 43.4. The van der Waals surface area contributed by atoms with Gasteiger partial charge in [0.05, 0.1) is 25.1 Å². The number of rotatable bonds is 3. The molecule has 3 aliphatic rings. The van der Waals surface area contributed by atoms with E-state index in [0.717, 1.165) is 26.9 Å². The molecule has 10 heteroatoms. The minimum absolute atomic E-state index is 0.0336. The number of halogens is 1. The third-order valence-corrected chi connectivity index (χ3v) is 9.66. The molecule has 2 aliphatic heterocycles. The fourth-order valence-electron chi connectivity index (χ4n) is 6.90. The fourth-order valence-corrected chi connectivity index (χ4v) is 7.16. The number of carbonyl (C=O) groups excluding carboxylic acids is 3. The van der Waals surface area contributed by atoms with Crippen LogP contribution in [0.3, 0.4) is 0 Å². The van der Waals surface area contributed by atoms with Crippen LogP contribution < -0.4 is 4.57 Å². The molecule has 1 saturated heterocycles. The van der Waals surface area contributed by atoms with Crippen LogP contribution in [-0.4, -0.2) is 63.9 Å². The monoisotopic (exact) mass is 622 g/mol. The molecule has 1 aliphatic carbocycles. The van der Waals surface area contributed by atoms with Crippen molar-refractivity contribution < 1.29 is 23.7 Å². The van der Waals surface area contributed by atoms with E-state index in [1.807, 2.05) is 44.8 Å². The number of aromatic nitrogens is 3. The summed E-state index contributed by atoms with van der Waals surface area (Å²) in [5, 5.41) is 4.96. The molecular formula is C31H37BrN5O4+. The molecule has 1 saturated carbocycles. The Labute approximate surface area is 248 Å². The van der Waals surface area contributed by atoms with Crippen molar-refractivity contribution in [3.63, 3.8) is 0 Å². The molecule has 0 radical (unpaired) electrons. The number of methoxy groups -OCH3 is 1. The van der Waals surface area contributed by atoms with E-state index in [9.17, 15) is 14.4 Å². The second-order valence-electron chi connectivity index (χ2n) is 12.8. The number of carbonyl (C=O) groups is 3. The first-order valence-electron chi connectivity index (χ1n) is 14.4. The third kappa shape index (κ3) is 4.54. The summed E-state index contributed by atoms with van der Waals surface area (Å²) in [6.45, 7) is 9.96. The Morgan fingerprint density at radius 2 is 1.73 bits per heavy atom. The number of hydrogen-bond donors (Lipinski definition) is 0. The highest BCUT2D eigenvalue weighted by Crippen LogP contribution is 2.37. The van der Waals surface area contributed by atoms with Gasteiger partial charge in [0.1, 0.15) is 5.69 Å². The summed E-state index contributed by atoms with van der Waals surface area (Å²) in [5.74, 6) is -0.335. The van der Waals surface area contributed by atoms with Gasteiger partial charge in [-0.2, -0.15) is 4.57 Å². The normalized spacial score (nSPS) is 24.4. The number of benzene rings is 1. The largest absolute Gasteiger partial charge is 0.469 e. The molecule has 2 aromatic heterocycles. The van der Waals surface area contributed by atoms with E-state index < -0.39 is 5.66 Å². The molecule has 9 nitrogen and oxygen atoms in total. The summed E-state index contributed by atoms with van der Waals surface area (Å²) < 4.78 is 9.88. The lowest BCUT2D eigenvalue weighted by atomic mass is 9.81. The number of hydrogen-bond acceptors (Lipinski definition) is 5. The lowest BCUT2D eigenvalue weighted by molar-refractivity contribution is -0.749. The lowest BCUT2D eigenvalue weighted by Gasteiger charge is -2.44. The van der Waals surface area contributed by atoms with Gasteiger partial charge in [0.2, 0.25) is 17.3 Å². The van der Waals surface area contributed by atoms with Crippen molar-refractivity contribution in [2.45, 2.75) is 64.5 Å². The molecule has 1 atom stereocenters. The van der Waals surface area contributed by atoms with E-state index in [-0.39, 0.29) is 35.0 Å². The van der Waals surface area contributed by atoms with Crippen LogP contribution in [0, 0.1) is 11.8 Å². The van der Waals surface area contributed by atoms with Crippen molar-refractivity contribution in [3.8, 4) is 11.3 Å². The van der Waals surface area contributed by atoms with E-state index in [4.69, 9.17) is 9.84 Å². The smallest absolute Gasteiger partial charge is 0.313 e. The number of piperazine rings is 1. The Hall–Kier alpha value is -3.27. The number of ether oxygens (including phenoxy) is 1. The maximum absolute atomic E-state index is 13.8. The molecule has 4 heterocycles. The second kappa shape index (κ2) is 9.93. The molecule has 2 fully saturated rings. The van der Waals surface area contributed by atoms with Gasteiger partial charge in [0, 0.05) is 36.0 Å². The number of amides is 2. The molecule has 41 heavy (non-hydrogen) atoms. The van der Waals surface area contributed by atoms with E-state index >= 15 is 0 Å². The molecule has 3 aromatic rings. The van der Waals surface area contributed by atoms with Gasteiger partial charge in [-0.05, 0) is 49.3 Å². The van der Waals surface area contributed by atoms with E-state index in [1.54, 1.807) is 0 Å². The highest BCUT2D eigenvalue weighted by Gasteiger charge is 2.57. The molecule has 2 amide bonds. The van der Waals surface area contributed by atoms with Crippen molar-refractivity contribution in [1.82, 2.24) is 19.4 Å². The number of imidazole rings is 1. The Balaban J connectivity index is 1.37. The lowest BCUT2D eigenvalue weighted by Crippen LogP contribution is -2.69. The van der Waals surface area contributed by atoms with Gasteiger partial charge in [-0.15, -0.1) is 0 Å². The Bertz CT molecular complexity index is 1550. The zero-order chi connectivity index (χ0) is 29.3. The molecule has 216 valence electrons. The molecular weight excluding hydrogens is 586 g/mol. The maximum atomic E-state index is 13.8. The quantitative estimate of drug-likeness (QED) is 0.321. The van der Waals surface area contributed by atoms with Crippen LogP contribution >= 0.6 is 15.9 Å². The molecule has 0 N–H and O–H groups in total. The first-order valence-corrected chi connectivity index (χ1v) is 15.2. The molecule has 0 spiro atoms. The second-order valence-corrected chi connectivity index (χ2v) is 13.7. The zero-order valence-corrected chi connectivity index (χ0v) is 25.9. The van der Waals surface area contributed by atoms with E-state index in [0.29, 0.717) is 51.0 Å². The Morgan fingerprint density at radius 3 is 2.37 bits per heavy atom. The number of nitrogens with zero attached hydrogens (tertiary/aromatic N) is 5. The van der Waals surface area contributed by atoms with Crippen LogP contribution in [0.1, 0.15) is 69.4 Å². The first-order chi connectivity index (χ1) is 19.4. The van der Waals surface area contributed by atoms with Gasteiger partial charge in [-0.3, -0.25) is 19.3 Å². The molecule has 6 rings (SSSR count). The summed E-state index contributed by atoms with van der Waals surface area (Å²) in [6, 6.07) is 10.2. The predicted molar refractivity (Wildman–Crippen MR) is 156 cm³/mol. The van der Waals surface area contributed by atoms with Crippen molar-refractivity contribution in [2.24, 2.45) is 11.8 Å². The topological polar surface area (TPSA) is 88.1 Å². The Kier molecular flexibility index (Phi) is 6.75. The average molecular weight is 624 g/mol. The summed E-state index contributed by atoms with van der Waals surface area (Å²) in [7, 11) is 1.42. The van der Waals surface area contributed by atoms with Crippen LogP contribution in [0.15, 0.2) is 41.0 Å². The first kappa shape index (κ1) is 27.9. The summed E-state index contributed by atoms with van der Waals surface area (Å²) in [6.07, 6.45) is 4.54. The molecule has 0 bridgehead atoms. The average Bonchev–Trinajstić information content (AvgIpc) is 3.44. The van der Waals surface area contributed by atoms with Crippen LogP contribution in [-0.2, 0) is 25.4 Å². The van der Waals surface area contributed by atoms with Gasteiger partial charge >= 0.3 is 17.5 Å². The van der Waals surface area contributed by atoms with Crippen LogP contribution in [0.4, 0.5) is 0 Å². The summed E-state index contributed by atoms with van der Waals surface area (Å²) >= 11 is 3.51. The highest BCUT2D eigenvalue weighted by atomic mass is 79.9. The summed E-state index contributed by atoms with van der Waals surface area (Å²) in [5.41, 5.74) is 3.40. The van der Waals surface area contributed by atoms with E-state index in [1.165, 1.54) is 7.11 Å². The highest BCUT2D eigenvalue weighted by molar-refractivity contribution is 9.10. The fraction of sp³-hybridized carbons (Fsp3) is 0.516. The number of esters is 1.